The van der Waals surface area contributed by atoms with E-state index in [0.29, 0.717) is 30.6 Å². The van der Waals surface area contributed by atoms with Crippen LogP contribution in [0.2, 0.25) is 0 Å². The number of aromatic nitrogens is 1. The molecule has 3 aromatic rings. The van der Waals surface area contributed by atoms with E-state index in [4.69, 9.17) is 0 Å². The quantitative estimate of drug-likeness (QED) is 0.689. The van der Waals surface area contributed by atoms with Crippen molar-refractivity contribution in [2.45, 2.75) is 18.8 Å². The first-order valence-electron chi connectivity index (χ1n) is 9.22. The molecule has 4 nitrogen and oxygen atoms in total. The van der Waals surface area contributed by atoms with Crippen LogP contribution < -0.4 is 4.90 Å². The Hall–Kier alpha value is -3.34. The SMILES string of the molecule is O=C1CCN(C(=O)C(Cc2ccccn2)c2ccc(F)cc2)c2ccccc21. The number of hydrogen-bond donors (Lipinski definition) is 0. The highest BCUT2D eigenvalue weighted by molar-refractivity contribution is 6.10. The maximum atomic E-state index is 13.6. The Balaban J connectivity index is 1.72. The number of Topliss-reactive ketones (excluding diaryl/α,β-unsaturated/α-hetero) is 1. The number of para-hydroxylation sites is 1. The highest BCUT2D eigenvalue weighted by Crippen LogP contribution is 2.31. The number of halogens is 1. The molecule has 0 fully saturated rings. The second kappa shape index (κ2) is 7.72. The Morgan fingerprint density at radius 2 is 1.79 bits per heavy atom. The maximum absolute atomic E-state index is 13.6. The number of ketones is 1. The summed E-state index contributed by atoms with van der Waals surface area (Å²) in [5.41, 5.74) is 2.72. The number of hydrogen-bond acceptors (Lipinski definition) is 3. The molecule has 0 N–H and O–H groups in total. The number of benzene rings is 2. The molecule has 0 bridgehead atoms. The maximum Gasteiger partial charge on any atom is 0.234 e. The van der Waals surface area contributed by atoms with E-state index in [0.717, 1.165) is 11.3 Å². The summed E-state index contributed by atoms with van der Waals surface area (Å²) in [5.74, 6) is -0.932. The van der Waals surface area contributed by atoms with Crippen molar-refractivity contribution in [1.82, 2.24) is 4.98 Å². The predicted molar refractivity (Wildman–Crippen MR) is 105 cm³/mol. The van der Waals surface area contributed by atoms with Gasteiger partial charge in [0.15, 0.2) is 5.78 Å². The fraction of sp³-hybridized carbons (Fsp3) is 0.174. The highest BCUT2D eigenvalue weighted by Gasteiger charge is 2.32. The van der Waals surface area contributed by atoms with Gasteiger partial charge in [-0.2, -0.15) is 0 Å². The number of amides is 1. The van der Waals surface area contributed by atoms with E-state index < -0.39 is 5.92 Å². The molecule has 0 aliphatic carbocycles. The first-order valence-corrected chi connectivity index (χ1v) is 9.22. The Morgan fingerprint density at radius 3 is 2.54 bits per heavy atom. The lowest BCUT2D eigenvalue weighted by Gasteiger charge is -2.32. The standard InChI is InChI=1S/C23H19FN2O2/c24-17-10-8-16(9-11-17)20(15-18-5-3-4-13-25-18)23(28)26-14-12-22(27)19-6-1-2-7-21(19)26/h1-11,13,20H,12,14-15H2. The molecule has 1 atom stereocenters. The van der Waals surface area contributed by atoms with Crippen LogP contribution in [0.3, 0.4) is 0 Å². The Morgan fingerprint density at radius 1 is 1.04 bits per heavy atom. The first kappa shape index (κ1) is 18.0. The van der Waals surface area contributed by atoms with Crippen molar-refractivity contribution >= 4 is 17.4 Å². The van der Waals surface area contributed by atoms with Crippen molar-refractivity contribution in [1.29, 1.82) is 0 Å². The van der Waals surface area contributed by atoms with Crippen LogP contribution in [-0.2, 0) is 11.2 Å². The molecule has 0 saturated heterocycles. The smallest absolute Gasteiger partial charge is 0.234 e. The molecule has 5 heteroatoms. The number of pyridine rings is 1. The summed E-state index contributed by atoms with van der Waals surface area (Å²) < 4.78 is 13.4. The van der Waals surface area contributed by atoms with Gasteiger partial charge in [0.1, 0.15) is 5.82 Å². The zero-order chi connectivity index (χ0) is 19.5. The van der Waals surface area contributed by atoms with Crippen molar-refractivity contribution in [2.24, 2.45) is 0 Å². The monoisotopic (exact) mass is 374 g/mol. The summed E-state index contributed by atoms with van der Waals surface area (Å²) in [6, 6.07) is 18.8. The van der Waals surface area contributed by atoms with E-state index in [9.17, 15) is 14.0 Å². The predicted octanol–water partition coefficient (Wildman–Crippen LogP) is 4.17. The fourth-order valence-corrected chi connectivity index (χ4v) is 3.60. The molecular weight excluding hydrogens is 355 g/mol. The van der Waals surface area contributed by atoms with Crippen molar-refractivity contribution in [3.63, 3.8) is 0 Å². The van der Waals surface area contributed by atoms with Crippen molar-refractivity contribution < 1.29 is 14.0 Å². The largest absolute Gasteiger partial charge is 0.311 e. The van der Waals surface area contributed by atoms with Gasteiger partial charge in [0.05, 0.1) is 11.6 Å². The molecule has 2 heterocycles. The van der Waals surface area contributed by atoms with Gasteiger partial charge >= 0.3 is 0 Å². The second-order valence-electron chi connectivity index (χ2n) is 6.81. The van der Waals surface area contributed by atoms with Gasteiger partial charge in [-0.3, -0.25) is 14.6 Å². The number of rotatable bonds is 4. The highest BCUT2D eigenvalue weighted by atomic mass is 19.1. The third-order valence-corrected chi connectivity index (χ3v) is 5.03. The average molecular weight is 374 g/mol. The third kappa shape index (κ3) is 3.56. The van der Waals surface area contributed by atoms with Crippen molar-refractivity contribution in [3.8, 4) is 0 Å². The third-order valence-electron chi connectivity index (χ3n) is 5.03. The van der Waals surface area contributed by atoms with Gasteiger partial charge in [-0.15, -0.1) is 0 Å². The van der Waals surface area contributed by atoms with Crippen LogP contribution in [0, 0.1) is 5.82 Å². The Kier molecular flexibility index (Phi) is 4.98. The lowest BCUT2D eigenvalue weighted by Crippen LogP contribution is -2.41. The van der Waals surface area contributed by atoms with Crippen LogP contribution in [-0.4, -0.2) is 23.2 Å². The van der Waals surface area contributed by atoms with Crippen LogP contribution in [0.15, 0.2) is 72.9 Å². The number of carbonyl (C=O) groups excluding carboxylic acids is 2. The molecule has 4 rings (SSSR count). The zero-order valence-electron chi connectivity index (χ0n) is 15.2. The van der Waals surface area contributed by atoms with Gasteiger partial charge < -0.3 is 4.90 Å². The van der Waals surface area contributed by atoms with E-state index in [1.165, 1.54) is 12.1 Å². The normalized spacial score (nSPS) is 14.5. The lowest BCUT2D eigenvalue weighted by molar-refractivity contribution is -0.120. The van der Waals surface area contributed by atoms with E-state index in [1.807, 2.05) is 24.3 Å². The van der Waals surface area contributed by atoms with Gasteiger partial charge in [-0.05, 0) is 42.0 Å². The van der Waals surface area contributed by atoms with Gasteiger partial charge in [0.25, 0.3) is 0 Å². The lowest BCUT2D eigenvalue weighted by atomic mass is 9.90. The minimum Gasteiger partial charge on any atom is -0.311 e. The minimum absolute atomic E-state index is 0.0442. The van der Waals surface area contributed by atoms with Crippen LogP contribution >= 0.6 is 0 Å². The summed E-state index contributed by atoms with van der Waals surface area (Å²) in [6.45, 7) is 0.342. The summed E-state index contributed by atoms with van der Waals surface area (Å²) in [6.07, 6.45) is 2.39. The van der Waals surface area contributed by atoms with E-state index in [1.54, 1.807) is 41.4 Å². The summed E-state index contributed by atoms with van der Waals surface area (Å²) in [7, 11) is 0. The molecular formula is C23H19FN2O2. The fourth-order valence-electron chi connectivity index (χ4n) is 3.60. The molecule has 1 aliphatic heterocycles. The van der Waals surface area contributed by atoms with Crippen LogP contribution in [0.4, 0.5) is 10.1 Å². The number of carbonyl (C=O) groups is 2. The Bertz CT molecular complexity index is 1000. The van der Waals surface area contributed by atoms with Crippen molar-refractivity contribution in [2.75, 3.05) is 11.4 Å². The van der Waals surface area contributed by atoms with Crippen LogP contribution in [0.25, 0.3) is 0 Å². The van der Waals surface area contributed by atoms with Gasteiger partial charge in [0.2, 0.25) is 5.91 Å². The van der Waals surface area contributed by atoms with E-state index in [2.05, 4.69) is 4.98 Å². The molecule has 1 unspecified atom stereocenters. The molecule has 1 aromatic heterocycles. The van der Waals surface area contributed by atoms with Gasteiger partial charge in [0, 0.05) is 36.8 Å². The number of nitrogens with zero attached hydrogens (tertiary/aromatic N) is 2. The minimum atomic E-state index is -0.517. The van der Waals surface area contributed by atoms with Crippen LogP contribution in [0.5, 0.6) is 0 Å². The molecule has 0 radical (unpaired) electrons. The number of anilines is 1. The number of fused-ring (bicyclic) bond motifs is 1. The Labute approximate surface area is 162 Å². The van der Waals surface area contributed by atoms with Crippen LogP contribution in [0.1, 0.15) is 34.0 Å². The summed E-state index contributed by atoms with van der Waals surface area (Å²) >= 11 is 0. The average Bonchev–Trinajstić information content (AvgIpc) is 2.74. The van der Waals surface area contributed by atoms with E-state index >= 15 is 0 Å². The van der Waals surface area contributed by atoms with E-state index in [-0.39, 0.29) is 17.5 Å². The van der Waals surface area contributed by atoms with Crippen molar-refractivity contribution in [3.05, 3.63) is 95.6 Å². The summed E-state index contributed by atoms with van der Waals surface area (Å²) in [5, 5.41) is 0. The molecule has 1 amide bonds. The molecule has 2 aromatic carbocycles. The zero-order valence-corrected chi connectivity index (χ0v) is 15.2. The second-order valence-corrected chi connectivity index (χ2v) is 6.81. The topological polar surface area (TPSA) is 50.3 Å². The molecule has 28 heavy (non-hydrogen) atoms. The molecule has 0 spiro atoms. The molecule has 1 aliphatic rings. The van der Waals surface area contributed by atoms with Gasteiger partial charge in [-0.1, -0.05) is 30.3 Å². The molecule has 0 saturated carbocycles. The summed E-state index contributed by atoms with van der Waals surface area (Å²) in [4.78, 5) is 31.8. The first-order chi connectivity index (χ1) is 13.6. The molecule has 140 valence electrons. The van der Waals surface area contributed by atoms with Gasteiger partial charge in [-0.25, -0.2) is 4.39 Å².